The molecule has 0 unspecified atom stereocenters. The number of ether oxygens (including phenoxy) is 1. The molecule has 0 saturated carbocycles. The summed E-state index contributed by atoms with van der Waals surface area (Å²) in [7, 11) is 1.53. The summed E-state index contributed by atoms with van der Waals surface area (Å²) in [5, 5.41) is 19.5. The molecule has 0 saturated heterocycles. The number of ketones is 1. The predicted molar refractivity (Wildman–Crippen MR) is 114 cm³/mol. The van der Waals surface area contributed by atoms with Gasteiger partial charge in [-0.1, -0.05) is 48.5 Å². The van der Waals surface area contributed by atoms with E-state index < -0.39 is 29.5 Å². The fourth-order valence-corrected chi connectivity index (χ4v) is 3.50. The molecule has 2 aromatic carbocycles. The van der Waals surface area contributed by atoms with Gasteiger partial charge in [-0.3, -0.25) is 14.4 Å². The highest BCUT2D eigenvalue weighted by Crippen LogP contribution is 2.38. The quantitative estimate of drug-likeness (QED) is 0.600. The second kappa shape index (κ2) is 9.75. The second-order valence-corrected chi connectivity index (χ2v) is 7.04. The Bertz CT molecular complexity index is 1020. The molecule has 1 heterocycles. The van der Waals surface area contributed by atoms with E-state index in [1.54, 1.807) is 30.3 Å². The Balaban J connectivity index is 1.94. The van der Waals surface area contributed by atoms with Crippen LogP contribution in [0.5, 0.6) is 5.75 Å². The first kappa shape index (κ1) is 21.8. The normalized spacial score (nSPS) is 16.2. The van der Waals surface area contributed by atoms with Gasteiger partial charge in [-0.05, 0) is 35.8 Å². The minimum atomic E-state index is -0.980. The molecule has 0 spiro atoms. The zero-order valence-electron chi connectivity index (χ0n) is 17.0. The van der Waals surface area contributed by atoms with Gasteiger partial charge < -0.3 is 19.8 Å². The van der Waals surface area contributed by atoms with Gasteiger partial charge in [0.15, 0.2) is 11.5 Å². The number of methoxy groups -OCH3 is 1. The second-order valence-electron chi connectivity index (χ2n) is 7.04. The summed E-state index contributed by atoms with van der Waals surface area (Å²) in [4.78, 5) is 38.0. The fraction of sp³-hybridized carbons (Fsp3) is 0.208. The molecule has 7 nitrogen and oxygen atoms in total. The van der Waals surface area contributed by atoms with E-state index in [4.69, 9.17) is 9.84 Å². The number of carbonyl (C=O) groups excluding carboxylic acids is 2. The van der Waals surface area contributed by atoms with Crippen LogP contribution in [0.4, 0.5) is 0 Å². The van der Waals surface area contributed by atoms with E-state index in [2.05, 4.69) is 0 Å². The van der Waals surface area contributed by atoms with Crippen molar-refractivity contribution in [3.8, 4) is 5.75 Å². The number of hydrogen-bond donors (Lipinski definition) is 2. The van der Waals surface area contributed by atoms with E-state index in [0.29, 0.717) is 11.3 Å². The maximum absolute atomic E-state index is 13.0. The van der Waals surface area contributed by atoms with Crippen LogP contribution in [0.25, 0.3) is 6.08 Å². The van der Waals surface area contributed by atoms with Crippen LogP contribution in [0.2, 0.25) is 0 Å². The third-order valence-corrected chi connectivity index (χ3v) is 5.02. The lowest BCUT2D eigenvalue weighted by molar-refractivity contribution is -0.138. The highest BCUT2D eigenvalue weighted by molar-refractivity contribution is 6.14. The van der Waals surface area contributed by atoms with Crippen LogP contribution in [0.15, 0.2) is 72.0 Å². The summed E-state index contributed by atoms with van der Waals surface area (Å²) in [5.41, 5.74) is 1.39. The first-order valence-corrected chi connectivity index (χ1v) is 9.79. The molecular weight excluding hydrogens is 398 g/mol. The van der Waals surface area contributed by atoms with E-state index in [1.165, 1.54) is 18.1 Å². The van der Waals surface area contributed by atoms with Gasteiger partial charge >= 0.3 is 5.97 Å². The summed E-state index contributed by atoms with van der Waals surface area (Å²) in [6.45, 7) is 0.0884. The zero-order chi connectivity index (χ0) is 22.4. The number of allylic oxidation sites excluding steroid dienone is 1. The van der Waals surface area contributed by atoms with Crippen LogP contribution in [-0.4, -0.2) is 46.4 Å². The number of carboxylic acid groups (broad SMARTS) is 1. The molecule has 1 aliphatic heterocycles. The summed E-state index contributed by atoms with van der Waals surface area (Å²) in [6.07, 6.45) is 3.01. The summed E-state index contributed by atoms with van der Waals surface area (Å²) >= 11 is 0. The van der Waals surface area contributed by atoms with Crippen molar-refractivity contribution >= 4 is 23.7 Å². The number of carboxylic acids is 1. The van der Waals surface area contributed by atoms with Crippen molar-refractivity contribution in [2.24, 2.45) is 0 Å². The summed E-state index contributed by atoms with van der Waals surface area (Å²) < 4.78 is 5.17. The molecule has 0 aromatic heterocycles. The number of rotatable bonds is 9. The number of amides is 1. The Hall–Kier alpha value is -3.87. The van der Waals surface area contributed by atoms with Crippen molar-refractivity contribution < 1.29 is 29.3 Å². The average Bonchev–Trinajstić information content (AvgIpc) is 3.03. The van der Waals surface area contributed by atoms with Crippen LogP contribution in [-0.2, 0) is 14.4 Å². The monoisotopic (exact) mass is 421 g/mol. The Kier molecular flexibility index (Phi) is 6.87. The molecular formula is C24H23NO6. The van der Waals surface area contributed by atoms with E-state index >= 15 is 0 Å². The van der Waals surface area contributed by atoms with E-state index in [1.807, 2.05) is 30.3 Å². The Morgan fingerprint density at radius 1 is 1.10 bits per heavy atom. The van der Waals surface area contributed by atoms with Crippen molar-refractivity contribution in [3.63, 3.8) is 0 Å². The SMILES string of the molecule is COc1ccc([C@H]2C(C(=O)/C=C/c3ccccc3)=C(O)C(=O)N2CCCC(=O)O)cc1. The minimum absolute atomic E-state index is 0.0299. The topological polar surface area (TPSA) is 104 Å². The standard InChI is InChI=1S/C24H23NO6/c1-31-18-12-10-17(11-13-18)22-21(19(26)14-9-16-6-3-2-4-7-16)23(29)24(30)25(22)15-5-8-20(27)28/h2-4,6-7,9-14,22,29H,5,8,15H2,1H3,(H,27,28)/b14-9+/t22-/m0/s1. The third kappa shape index (κ3) is 5.01. The minimum Gasteiger partial charge on any atom is -0.503 e. The van der Waals surface area contributed by atoms with Crippen molar-refractivity contribution in [1.82, 2.24) is 4.90 Å². The van der Waals surface area contributed by atoms with Gasteiger partial charge in [0.05, 0.1) is 18.7 Å². The zero-order valence-corrected chi connectivity index (χ0v) is 17.0. The summed E-state index contributed by atoms with van der Waals surface area (Å²) in [6, 6.07) is 15.2. The molecule has 7 heteroatoms. The van der Waals surface area contributed by atoms with Gasteiger partial charge in [-0.2, -0.15) is 0 Å². The molecule has 1 atom stereocenters. The Labute approximate surface area is 179 Å². The predicted octanol–water partition coefficient (Wildman–Crippen LogP) is 3.54. The van der Waals surface area contributed by atoms with Gasteiger partial charge in [0.2, 0.25) is 0 Å². The van der Waals surface area contributed by atoms with E-state index in [-0.39, 0.29) is 25.0 Å². The highest BCUT2D eigenvalue weighted by Gasteiger charge is 2.42. The number of carbonyl (C=O) groups is 3. The van der Waals surface area contributed by atoms with Crippen LogP contribution < -0.4 is 4.74 Å². The first-order chi connectivity index (χ1) is 14.9. The lowest BCUT2D eigenvalue weighted by Gasteiger charge is -2.26. The molecule has 1 amide bonds. The van der Waals surface area contributed by atoms with Crippen molar-refractivity contribution in [3.05, 3.63) is 83.1 Å². The molecule has 0 radical (unpaired) electrons. The van der Waals surface area contributed by atoms with Crippen molar-refractivity contribution in [1.29, 1.82) is 0 Å². The number of aliphatic hydroxyl groups excluding tert-OH is 1. The van der Waals surface area contributed by atoms with Gasteiger partial charge in [0.25, 0.3) is 5.91 Å². The molecule has 0 bridgehead atoms. The van der Waals surface area contributed by atoms with Gasteiger partial charge in [-0.15, -0.1) is 0 Å². The molecule has 31 heavy (non-hydrogen) atoms. The average molecular weight is 421 g/mol. The van der Waals surface area contributed by atoms with Gasteiger partial charge in [0, 0.05) is 13.0 Å². The van der Waals surface area contributed by atoms with Crippen LogP contribution in [0.1, 0.15) is 30.0 Å². The van der Waals surface area contributed by atoms with Crippen LogP contribution >= 0.6 is 0 Å². The molecule has 3 rings (SSSR count). The smallest absolute Gasteiger partial charge is 0.303 e. The number of hydrogen-bond acceptors (Lipinski definition) is 5. The number of aliphatic hydroxyl groups is 1. The number of nitrogens with zero attached hydrogens (tertiary/aromatic N) is 1. The number of aliphatic carboxylic acids is 1. The maximum atomic E-state index is 13.0. The number of benzene rings is 2. The molecule has 0 aliphatic carbocycles. The molecule has 1 aliphatic rings. The Morgan fingerprint density at radius 3 is 2.39 bits per heavy atom. The third-order valence-electron chi connectivity index (χ3n) is 5.02. The lowest BCUT2D eigenvalue weighted by atomic mass is 9.95. The molecule has 160 valence electrons. The van der Waals surface area contributed by atoms with E-state index in [9.17, 15) is 19.5 Å². The van der Waals surface area contributed by atoms with Gasteiger partial charge in [-0.25, -0.2) is 0 Å². The largest absolute Gasteiger partial charge is 0.503 e. The van der Waals surface area contributed by atoms with Crippen LogP contribution in [0, 0.1) is 0 Å². The summed E-state index contributed by atoms with van der Waals surface area (Å²) in [5.74, 6) is -2.17. The highest BCUT2D eigenvalue weighted by atomic mass is 16.5. The Morgan fingerprint density at radius 2 is 1.77 bits per heavy atom. The van der Waals surface area contributed by atoms with Crippen LogP contribution in [0.3, 0.4) is 0 Å². The fourth-order valence-electron chi connectivity index (χ4n) is 3.50. The van der Waals surface area contributed by atoms with Crippen molar-refractivity contribution in [2.45, 2.75) is 18.9 Å². The maximum Gasteiger partial charge on any atom is 0.303 e. The van der Waals surface area contributed by atoms with Crippen molar-refractivity contribution in [2.75, 3.05) is 13.7 Å². The lowest BCUT2D eigenvalue weighted by Crippen LogP contribution is -2.32. The molecule has 2 aromatic rings. The molecule has 2 N–H and O–H groups in total. The van der Waals surface area contributed by atoms with E-state index in [0.717, 1.165) is 5.56 Å². The van der Waals surface area contributed by atoms with Gasteiger partial charge in [0.1, 0.15) is 5.75 Å². The first-order valence-electron chi connectivity index (χ1n) is 9.79. The molecule has 0 fully saturated rings.